The summed E-state index contributed by atoms with van der Waals surface area (Å²) < 4.78 is 5.37. The minimum atomic E-state index is -1.73. The van der Waals surface area contributed by atoms with Crippen LogP contribution in [-0.2, 0) is 9.22 Å². The van der Waals surface area contributed by atoms with Gasteiger partial charge in [0.15, 0.2) is 0 Å². The first-order chi connectivity index (χ1) is 11.5. The first-order valence-corrected chi connectivity index (χ1v) is 13.8. The molecule has 0 aliphatic heterocycles. The van der Waals surface area contributed by atoms with E-state index < -0.39 is 8.32 Å². The minimum Gasteiger partial charge on any atom is -0.517 e. The van der Waals surface area contributed by atoms with E-state index in [9.17, 15) is 4.79 Å². The van der Waals surface area contributed by atoms with Crippen molar-refractivity contribution >= 4 is 14.3 Å². The molecule has 0 unspecified atom stereocenters. The van der Waals surface area contributed by atoms with Gasteiger partial charge < -0.3 is 4.43 Å². The maximum atomic E-state index is 11.5. The maximum absolute atomic E-state index is 11.5. The third-order valence-electron chi connectivity index (χ3n) is 4.14. The van der Waals surface area contributed by atoms with Crippen LogP contribution in [0.15, 0.2) is 12.2 Å². The van der Waals surface area contributed by atoms with Crippen molar-refractivity contribution in [2.75, 3.05) is 0 Å². The Morgan fingerprint density at radius 3 is 1.58 bits per heavy atom. The van der Waals surface area contributed by atoms with Crippen molar-refractivity contribution in [2.45, 2.75) is 116 Å². The smallest absolute Gasteiger partial charge is 0.317 e. The van der Waals surface area contributed by atoms with Gasteiger partial charge in [-0.15, -0.1) is 0 Å². The molecule has 0 radical (unpaired) electrons. The molecule has 3 heteroatoms. The van der Waals surface area contributed by atoms with E-state index >= 15 is 0 Å². The van der Waals surface area contributed by atoms with E-state index in [0.717, 1.165) is 6.42 Å². The Morgan fingerprint density at radius 2 is 1.17 bits per heavy atom. The lowest BCUT2D eigenvalue weighted by molar-refractivity contribution is -0.129. The van der Waals surface area contributed by atoms with Crippen LogP contribution in [0, 0.1) is 0 Å². The number of carbonyl (C=O) groups is 1. The fourth-order valence-corrected chi connectivity index (χ4v) is 3.47. The fourth-order valence-electron chi connectivity index (χ4n) is 2.80. The summed E-state index contributed by atoms with van der Waals surface area (Å²) in [7, 11) is -1.73. The van der Waals surface area contributed by atoms with Crippen LogP contribution in [0.25, 0.3) is 0 Å². The highest BCUT2D eigenvalue weighted by Crippen LogP contribution is 2.13. The molecule has 0 atom stereocenters. The number of hydrogen-bond acceptors (Lipinski definition) is 2. The van der Waals surface area contributed by atoms with Gasteiger partial charge in [0.2, 0.25) is 8.32 Å². The zero-order valence-corrected chi connectivity index (χ0v) is 17.9. The van der Waals surface area contributed by atoms with E-state index in [-0.39, 0.29) is 5.97 Å². The van der Waals surface area contributed by atoms with Gasteiger partial charge in [0.05, 0.1) is 0 Å². The fraction of sp³-hybridized carbons (Fsp3) is 0.857. The molecular formula is C21H42O2Si. The zero-order chi connectivity index (χ0) is 18.1. The third kappa shape index (κ3) is 19.5. The summed E-state index contributed by atoms with van der Waals surface area (Å²) in [4.78, 5) is 11.5. The van der Waals surface area contributed by atoms with Crippen LogP contribution in [-0.4, -0.2) is 14.3 Å². The Hall–Kier alpha value is -0.573. The highest BCUT2D eigenvalue weighted by atomic mass is 28.4. The average molecular weight is 355 g/mol. The Balaban J connectivity index is 3.24. The van der Waals surface area contributed by atoms with E-state index in [1.165, 1.54) is 83.5 Å². The summed E-state index contributed by atoms with van der Waals surface area (Å²) in [6.45, 7) is 8.38. The Labute approximate surface area is 152 Å². The van der Waals surface area contributed by atoms with E-state index in [2.05, 4.69) is 6.92 Å². The quantitative estimate of drug-likeness (QED) is 0.164. The van der Waals surface area contributed by atoms with Gasteiger partial charge in [0.25, 0.3) is 0 Å². The summed E-state index contributed by atoms with van der Waals surface area (Å²) in [6, 6.07) is 0. The lowest BCUT2D eigenvalue weighted by Gasteiger charge is -2.15. The van der Waals surface area contributed by atoms with Crippen molar-refractivity contribution in [3.63, 3.8) is 0 Å². The molecule has 2 nitrogen and oxygen atoms in total. The normalized spacial score (nSPS) is 12.0. The predicted octanol–water partition coefficient (Wildman–Crippen LogP) is 7.40. The second-order valence-electron chi connectivity index (χ2n) is 7.97. The van der Waals surface area contributed by atoms with Crippen molar-refractivity contribution in [1.82, 2.24) is 0 Å². The van der Waals surface area contributed by atoms with E-state index in [0.29, 0.717) is 0 Å². The Kier molecular flexibility index (Phi) is 15.5. The van der Waals surface area contributed by atoms with Gasteiger partial charge in [-0.05, 0) is 32.5 Å². The van der Waals surface area contributed by atoms with Crippen LogP contribution in [0.4, 0.5) is 0 Å². The molecule has 0 rings (SSSR count). The highest BCUT2D eigenvalue weighted by molar-refractivity contribution is 6.71. The van der Waals surface area contributed by atoms with Crippen molar-refractivity contribution < 1.29 is 9.22 Å². The Morgan fingerprint density at radius 1 is 0.750 bits per heavy atom. The van der Waals surface area contributed by atoms with Crippen molar-refractivity contribution in [2.24, 2.45) is 0 Å². The van der Waals surface area contributed by atoms with Crippen LogP contribution >= 0.6 is 0 Å². The molecule has 24 heavy (non-hydrogen) atoms. The SMILES string of the molecule is CCCCCCCCCCCCCCCC=CC(=O)O[Si](C)(C)C. The number of unbranched alkanes of at least 4 members (excludes halogenated alkanes) is 13. The summed E-state index contributed by atoms with van der Waals surface area (Å²) in [5.41, 5.74) is 0. The van der Waals surface area contributed by atoms with Crippen LogP contribution in [0.2, 0.25) is 19.6 Å². The monoisotopic (exact) mass is 354 g/mol. The maximum Gasteiger partial charge on any atom is 0.317 e. The highest BCUT2D eigenvalue weighted by Gasteiger charge is 2.17. The minimum absolute atomic E-state index is 0.163. The largest absolute Gasteiger partial charge is 0.517 e. The standard InChI is InChI=1S/C21H42O2Si/c1-5-6-7-8-9-10-11-12-13-14-15-16-17-18-19-20-21(22)23-24(2,3)4/h19-20H,5-18H2,1-4H3. The van der Waals surface area contributed by atoms with Crippen molar-refractivity contribution in [1.29, 1.82) is 0 Å². The zero-order valence-electron chi connectivity index (χ0n) is 16.9. The molecule has 0 aliphatic rings. The average Bonchev–Trinajstić information content (AvgIpc) is 2.49. The lowest BCUT2D eigenvalue weighted by atomic mass is 10.0. The summed E-state index contributed by atoms with van der Waals surface area (Å²) >= 11 is 0. The molecule has 0 saturated carbocycles. The molecule has 0 spiro atoms. The number of hydrogen-bond donors (Lipinski definition) is 0. The van der Waals surface area contributed by atoms with Gasteiger partial charge in [-0.3, -0.25) is 0 Å². The number of allylic oxidation sites excluding steroid dienone is 1. The van der Waals surface area contributed by atoms with Crippen LogP contribution in [0.1, 0.15) is 96.8 Å². The van der Waals surface area contributed by atoms with Crippen molar-refractivity contribution in [3.8, 4) is 0 Å². The molecule has 0 saturated heterocycles. The molecule has 0 aromatic carbocycles. The molecule has 142 valence electrons. The first-order valence-electron chi connectivity index (χ1n) is 10.3. The van der Waals surface area contributed by atoms with Gasteiger partial charge in [0.1, 0.15) is 0 Å². The summed E-state index contributed by atoms with van der Waals surface area (Å²) in [5.74, 6) is -0.163. The molecule has 0 fully saturated rings. The van der Waals surface area contributed by atoms with Gasteiger partial charge >= 0.3 is 5.97 Å². The molecule has 0 bridgehead atoms. The number of carbonyl (C=O) groups excluding carboxylic acids is 1. The van der Waals surface area contributed by atoms with Crippen molar-refractivity contribution in [3.05, 3.63) is 12.2 Å². The Bertz CT molecular complexity index is 318. The topological polar surface area (TPSA) is 26.3 Å². The third-order valence-corrected chi connectivity index (χ3v) is 4.95. The van der Waals surface area contributed by atoms with E-state index in [4.69, 9.17) is 4.43 Å². The molecule has 0 N–H and O–H groups in total. The molecule has 0 aromatic heterocycles. The number of rotatable bonds is 16. The van der Waals surface area contributed by atoms with E-state index in [1.54, 1.807) is 6.08 Å². The molecular weight excluding hydrogens is 312 g/mol. The van der Waals surface area contributed by atoms with E-state index in [1.807, 2.05) is 25.7 Å². The molecule has 0 amide bonds. The van der Waals surface area contributed by atoms with Gasteiger partial charge in [0, 0.05) is 6.08 Å². The summed E-state index contributed by atoms with van der Waals surface area (Å²) in [6.07, 6.45) is 22.5. The molecule has 0 aliphatic carbocycles. The summed E-state index contributed by atoms with van der Waals surface area (Å²) in [5, 5.41) is 0. The molecule has 0 aromatic rings. The van der Waals surface area contributed by atoms with Crippen LogP contribution < -0.4 is 0 Å². The second-order valence-corrected chi connectivity index (χ2v) is 12.4. The first kappa shape index (κ1) is 23.4. The predicted molar refractivity (Wildman–Crippen MR) is 109 cm³/mol. The van der Waals surface area contributed by atoms with Crippen LogP contribution in [0.5, 0.6) is 0 Å². The van der Waals surface area contributed by atoms with Gasteiger partial charge in [-0.1, -0.05) is 90.0 Å². The van der Waals surface area contributed by atoms with Gasteiger partial charge in [-0.25, -0.2) is 4.79 Å². The molecule has 0 heterocycles. The van der Waals surface area contributed by atoms with Crippen LogP contribution in [0.3, 0.4) is 0 Å². The second kappa shape index (κ2) is 15.9. The lowest BCUT2D eigenvalue weighted by Crippen LogP contribution is -2.28. The van der Waals surface area contributed by atoms with Gasteiger partial charge in [-0.2, -0.15) is 0 Å².